The minimum atomic E-state index is -2.39. The van der Waals surface area contributed by atoms with Crippen LogP contribution in [0.2, 0.25) is 0 Å². The van der Waals surface area contributed by atoms with E-state index >= 15 is 0 Å². The fourth-order valence-corrected chi connectivity index (χ4v) is 0.622. The Hall–Kier alpha value is 0.243. The van der Waals surface area contributed by atoms with Crippen LogP contribution in [0.25, 0.3) is 0 Å². The first kappa shape index (κ1) is 20.6. The second-order valence-electron chi connectivity index (χ2n) is 1.55. The molecule has 0 rings (SSSR count). The first-order valence-electron chi connectivity index (χ1n) is 3.21. The molecule has 0 N–H and O–H groups in total. The smallest absolute Gasteiger partial charge is 0.750 e. The zero-order valence-electron chi connectivity index (χ0n) is 7.96. The fourth-order valence-electron chi connectivity index (χ4n) is 0.207. The van der Waals surface area contributed by atoms with Crippen LogP contribution in [-0.2, 0) is 50.6 Å². The first-order chi connectivity index (χ1) is 6.54. The monoisotopic (exact) mass is 306 g/mol. The molecule has 0 aromatic carbocycles. The quantitative estimate of drug-likeness (QED) is 0.388. The third-order valence-electron chi connectivity index (χ3n) is 0.564. The Morgan fingerprint density at radius 2 is 1.27 bits per heavy atom. The molecule has 0 heterocycles. The van der Waals surface area contributed by atoms with E-state index in [1.807, 2.05) is 0 Å². The summed E-state index contributed by atoms with van der Waals surface area (Å²) in [6.45, 7) is 6.57. The summed E-state index contributed by atoms with van der Waals surface area (Å²) in [7, 11) is 0. The molecule has 0 saturated heterocycles. The van der Waals surface area contributed by atoms with Gasteiger partial charge in [-0.25, -0.2) is 8.42 Å². The van der Waals surface area contributed by atoms with E-state index in [0.717, 1.165) is 0 Å². The summed E-state index contributed by atoms with van der Waals surface area (Å²) in [5.41, 5.74) is 0. The van der Waals surface area contributed by atoms with Crippen molar-refractivity contribution in [3.63, 3.8) is 0 Å². The molecule has 0 amide bonds. The molecule has 0 radical (unpaired) electrons. The summed E-state index contributed by atoms with van der Waals surface area (Å²) in [5, 5.41) is 0. The molecule has 0 aromatic rings. The average molecular weight is 308 g/mol. The van der Waals surface area contributed by atoms with Crippen LogP contribution in [0.4, 0.5) is 0 Å². The minimum absolute atomic E-state index is 0. The molecule has 0 aromatic heterocycles. The van der Waals surface area contributed by atoms with Crippen molar-refractivity contribution in [3.05, 3.63) is 25.3 Å². The van der Waals surface area contributed by atoms with Gasteiger partial charge >= 0.3 is 19.5 Å². The molecule has 0 bridgehead atoms. The molecular formula is C6H10O6S2Zn. The van der Waals surface area contributed by atoms with E-state index in [0.29, 0.717) is 0 Å². The molecule has 0 spiro atoms. The maximum atomic E-state index is 9.49. The van der Waals surface area contributed by atoms with Gasteiger partial charge in [0.2, 0.25) is 0 Å². The van der Waals surface area contributed by atoms with Crippen LogP contribution in [0.1, 0.15) is 0 Å². The van der Waals surface area contributed by atoms with Crippen molar-refractivity contribution >= 4 is 22.7 Å². The van der Waals surface area contributed by atoms with Gasteiger partial charge in [-0.15, -0.1) is 13.2 Å². The van der Waals surface area contributed by atoms with Gasteiger partial charge in [0.25, 0.3) is 0 Å². The Labute approximate surface area is 106 Å². The average Bonchev–Trinajstić information content (AvgIpc) is 2.12. The first-order valence-corrected chi connectivity index (χ1v) is 5.21. The van der Waals surface area contributed by atoms with Gasteiger partial charge in [0.05, 0.1) is 35.9 Å². The number of hydrogen-bond acceptors (Lipinski definition) is 6. The normalized spacial score (nSPS) is 12.4. The SMILES string of the molecule is C=CCOS(=O)[O-].C=CCOS(=O)[O-].[Zn+2]. The van der Waals surface area contributed by atoms with E-state index in [1.54, 1.807) is 0 Å². The predicted octanol–water partition coefficient (Wildman–Crippen LogP) is -0.0363. The van der Waals surface area contributed by atoms with Gasteiger partial charge in [-0.2, -0.15) is 0 Å². The van der Waals surface area contributed by atoms with Crippen molar-refractivity contribution in [1.82, 2.24) is 0 Å². The van der Waals surface area contributed by atoms with Crippen LogP contribution < -0.4 is 0 Å². The molecule has 0 saturated carbocycles. The zero-order valence-corrected chi connectivity index (χ0v) is 12.6. The molecule has 15 heavy (non-hydrogen) atoms. The topological polar surface area (TPSA) is 98.7 Å². The largest absolute Gasteiger partial charge is 2.00 e. The molecule has 0 aliphatic rings. The Kier molecular flexibility index (Phi) is 22.9. The maximum absolute atomic E-state index is 9.49. The van der Waals surface area contributed by atoms with Gasteiger partial charge in [0.15, 0.2) is 0 Å². The molecule has 0 aliphatic heterocycles. The van der Waals surface area contributed by atoms with Gasteiger partial charge in [-0.05, 0) is 0 Å². The number of hydrogen-bond donors (Lipinski definition) is 0. The van der Waals surface area contributed by atoms with Crippen molar-refractivity contribution in [3.8, 4) is 0 Å². The van der Waals surface area contributed by atoms with Gasteiger partial charge in [-0.1, -0.05) is 12.2 Å². The third-order valence-corrected chi connectivity index (χ3v) is 1.22. The van der Waals surface area contributed by atoms with Crippen LogP contribution in [0.3, 0.4) is 0 Å². The van der Waals surface area contributed by atoms with Gasteiger partial charge in [0.1, 0.15) is 0 Å². The van der Waals surface area contributed by atoms with E-state index < -0.39 is 22.7 Å². The van der Waals surface area contributed by atoms with Crippen molar-refractivity contribution < 1.29 is 45.4 Å². The molecule has 0 fully saturated rings. The molecule has 6 nitrogen and oxygen atoms in total. The predicted molar refractivity (Wildman–Crippen MR) is 50.1 cm³/mol. The van der Waals surface area contributed by atoms with Crippen molar-refractivity contribution in [1.29, 1.82) is 0 Å². The molecule has 2 unspecified atom stereocenters. The van der Waals surface area contributed by atoms with E-state index in [-0.39, 0.29) is 32.7 Å². The summed E-state index contributed by atoms with van der Waals surface area (Å²) in [5.74, 6) is 0. The second-order valence-corrected chi connectivity index (χ2v) is 2.84. The molecule has 0 aliphatic carbocycles. The van der Waals surface area contributed by atoms with Crippen molar-refractivity contribution in [2.24, 2.45) is 0 Å². The Morgan fingerprint density at radius 3 is 1.33 bits per heavy atom. The van der Waals surface area contributed by atoms with Gasteiger partial charge < -0.3 is 9.11 Å². The van der Waals surface area contributed by atoms with Crippen LogP contribution in [0.5, 0.6) is 0 Å². The van der Waals surface area contributed by atoms with E-state index in [1.165, 1.54) is 12.2 Å². The summed E-state index contributed by atoms with van der Waals surface area (Å²) >= 11 is -4.77. The van der Waals surface area contributed by atoms with Crippen LogP contribution in [0, 0.1) is 0 Å². The van der Waals surface area contributed by atoms with Gasteiger partial charge in [-0.3, -0.25) is 8.37 Å². The molecule has 2 atom stereocenters. The van der Waals surface area contributed by atoms with E-state index in [4.69, 9.17) is 0 Å². The Morgan fingerprint density at radius 1 is 1.00 bits per heavy atom. The minimum Gasteiger partial charge on any atom is -0.750 e. The summed E-state index contributed by atoms with van der Waals surface area (Å²) in [4.78, 5) is 0. The van der Waals surface area contributed by atoms with Gasteiger partial charge in [0, 0.05) is 0 Å². The van der Waals surface area contributed by atoms with Crippen molar-refractivity contribution in [2.45, 2.75) is 0 Å². The zero-order chi connectivity index (χ0) is 11.4. The standard InChI is InChI=1S/2C3H6O3S.Zn/c2*1-2-3-6-7(4)5;/h2*2H,1,3H2,(H,4,5);/q;;+2/p-2. The molecule has 84 valence electrons. The van der Waals surface area contributed by atoms with Crippen LogP contribution in [0.15, 0.2) is 25.3 Å². The van der Waals surface area contributed by atoms with E-state index in [2.05, 4.69) is 21.5 Å². The third kappa shape index (κ3) is 31.4. The van der Waals surface area contributed by atoms with E-state index in [9.17, 15) is 17.5 Å². The molecule has 9 heteroatoms. The molecular weight excluding hydrogens is 298 g/mol. The summed E-state index contributed by atoms with van der Waals surface area (Å²) in [6, 6.07) is 0. The summed E-state index contributed by atoms with van der Waals surface area (Å²) in [6.07, 6.45) is 2.71. The summed E-state index contributed by atoms with van der Waals surface area (Å²) < 4.78 is 45.9. The van der Waals surface area contributed by atoms with Crippen LogP contribution >= 0.6 is 0 Å². The number of rotatable bonds is 6. The second kappa shape index (κ2) is 16.7. The van der Waals surface area contributed by atoms with Crippen LogP contribution in [-0.4, -0.2) is 30.7 Å². The van der Waals surface area contributed by atoms with Crippen molar-refractivity contribution in [2.75, 3.05) is 13.2 Å². The Bertz CT molecular complexity index is 188. The maximum Gasteiger partial charge on any atom is 2.00 e. The fraction of sp³-hybridized carbons (Fsp3) is 0.333. The Balaban J connectivity index is -0.000000180.